The van der Waals surface area contributed by atoms with Crippen LogP contribution in [0.15, 0.2) is 6.07 Å². The molecule has 15 heavy (non-hydrogen) atoms. The van der Waals surface area contributed by atoms with E-state index in [2.05, 4.69) is 4.98 Å². The molecular weight excluding hydrogens is 208 g/mol. The van der Waals surface area contributed by atoms with Crippen LogP contribution in [0.1, 0.15) is 17.7 Å². The molecule has 0 spiro atoms. The van der Waals surface area contributed by atoms with E-state index in [1.54, 1.807) is 0 Å². The highest BCUT2D eigenvalue weighted by Gasteiger charge is 2.20. The second-order valence-electron chi connectivity index (χ2n) is 2.70. The number of pyridine rings is 1. The van der Waals surface area contributed by atoms with Crippen molar-refractivity contribution in [1.82, 2.24) is 4.98 Å². The zero-order chi connectivity index (χ0) is 11.4. The van der Waals surface area contributed by atoms with Crippen molar-refractivity contribution in [2.45, 2.75) is 13.0 Å². The lowest BCUT2D eigenvalue weighted by Gasteiger charge is -2.12. The minimum absolute atomic E-state index is 0.0562. The number of rotatable bonds is 4. The van der Waals surface area contributed by atoms with Gasteiger partial charge in [-0.15, -0.1) is 0 Å². The third kappa shape index (κ3) is 2.33. The van der Waals surface area contributed by atoms with Crippen LogP contribution in [0.3, 0.4) is 0 Å². The minimum atomic E-state index is -2.71. The Bertz CT molecular complexity index is 344. The highest BCUT2D eigenvalue weighted by atomic mass is 19.3. The summed E-state index contributed by atoms with van der Waals surface area (Å²) in [6.45, 7) is -0.430. The lowest BCUT2D eigenvalue weighted by atomic mass is 10.2. The largest absolute Gasteiger partial charge is 0.491 e. The van der Waals surface area contributed by atoms with Crippen LogP contribution < -0.4 is 9.47 Å². The van der Waals surface area contributed by atoms with Crippen molar-refractivity contribution < 1.29 is 23.4 Å². The Balaban J connectivity index is 3.32. The van der Waals surface area contributed by atoms with Gasteiger partial charge in [0.25, 0.3) is 12.3 Å². The quantitative estimate of drug-likeness (QED) is 0.834. The van der Waals surface area contributed by atoms with Gasteiger partial charge in [-0.2, -0.15) is 0 Å². The molecule has 0 unspecified atom stereocenters. The average Bonchev–Trinajstić information content (AvgIpc) is 2.26. The molecule has 1 aromatic heterocycles. The van der Waals surface area contributed by atoms with Crippen LogP contribution in [-0.2, 0) is 6.61 Å². The lowest BCUT2D eigenvalue weighted by molar-refractivity contribution is 0.145. The van der Waals surface area contributed by atoms with Crippen molar-refractivity contribution >= 4 is 0 Å². The van der Waals surface area contributed by atoms with Gasteiger partial charge < -0.3 is 14.6 Å². The van der Waals surface area contributed by atoms with Crippen molar-refractivity contribution in [2.24, 2.45) is 0 Å². The van der Waals surface area contributed by atoms with E-state index < -0.39 is 13.0 Å². The number of aliphatic hydroxyl groups excluding tert-OH is 1. The maximum absolute atomic E-state index is 12.6. The van der Waals surface area contributed by atoms with E-state index >= 15 is 0 Å². The van der Waals surface area contributed by atoms with Crippen LogP contribution in [0.5, 0.6) is 11.6 Å². The Hall–Kier alpha value is -1.43. The van der Waals surface area contributed by atoms with Gasteiger partial charge in [-0.1, -0.05) is 0 Å². The molecule has 1 rings (SSSR count). The van der Waals surface area contributed by atoms with Crippen molar-refractivity contribution in [3.8, 4) is 11.6 Å². The normalized spacial score (nSPS) is 10.5. The van der Waals surface area contributed by atoms with Gasteiger partial charge >= 0.3 is 0 Å². The van der Waals surface area contributed by atoms with Gasteiger partial charge in [-0.3, -0.25) is 0 Å². The molecule has 0 saturated heterocycles. The molecular formula is C9H11F2NO3. The Morgan fingerprint density at radius 2 is 2.07 bits per heavy atom. The standard InChI is InChI=1S/C9H11F2NO3/c1-14-7-6(8(10)11)3-5(4-13)12-9(7)15-2/h3,8,13H,4H2,1-2H3. The summed E-state index contributed by atoms with van der Waals surface area (Å²) in [5.74, 6) is -0.163. The SMILES string of the molecule is COc1nc(CO)cc(C(F)F)c1OC. The maximum atomic E-state index is 12.6. The summed E-state index contributed by atoms with van der Waals surface area (Å²) in [6, 6.07) is 1.09. The lowest BCUT2D eigenvalue weighted by Crippen LogP contribution is -2.02. The maximum Gasteiger partial charge on any atom is 0.267 e. The fourth-order valence-electron chi connectivity index (χ4n) is 1.17. The predicted molar refractivity (Wildman–Crippen MR) is 48.2 cm³/mol. The van der Waals surface area contributed by atoms with Gasteiger partial charge in [0, 0.05) is 0 Å². The summed E-state index contributed by atoms with van der Waals surface area (Å²) in [5, 5.41) is 8.82. The van der Waals surface area contributed by atoms with Crippen molar-refractivity contribution in [2.75, 3.05) is 14.2 Å². The summed E-state index contributed by atoms with van der Waals surface area (Å²) in [4.78, 5) is 3.79. The number of hydrogen-bond acceptors (Lipinski definition) is 4. The van der Waals surface area contributed by atoms with Crippen molar-refractivity contribution in [3.05, 3.63) is 17.3 Å². The highest BCUT2D eigenvalue weighted by Crippen LogP contribution is 2.35. The zero-order valence-corrected chi connectivity index (χ0v) is 8.33. The number of halogens is 2. The predicted octanol–water partition coefficient (Wildman–Crippen LogP) is 1.53. The van der Waals surface area contributed by atoms with Crippen LogP contribution in [0.25, 0.3) is 0 Å². The summed E-state index contributed by atoms with van der Waals surface area (Å²) in [7, 11) is 2.55. The van der Waals surface area contributed by atoms with Crippen molar-refractivity contribution in [1.29, 1.82) is 0 Å². The molecule has 1 N–H and O–H groups in total. The third-order valence-electron chi connectivity index (χ3n) is 1.82. The first-order chi connectivity index (χ1) is 7.13. The number of hydrogen-bond donors (Lipinski definition) is 1. The first-order valence-corrected chi connectivity index (χ1v) is 4.14. The number of aromatic nitrogens is 1. The van der Waals surface area contributed by atoms with Gasteiger partial charge in [0.15, 0.2) is 5.75 Å². The Kier molecular flexibility index (Phi) is 3.79. The number of alkyl halides is 2. The van der Waals surface area contributed by atoms with Crippen LogP contribution in [-0.4, -0.2) is 24.3 Å². The first-order valence-electron chi connectivity index (χ1n) is 4.14. The minimum Gasteiger partial charge on any atom is -0.491 e. The van der Waals surface area contributed by atoms with Gasteiger partial charge in [-0.25, -0.2) is 13.8 Å². The van der Waals surface area contributed by atoms with E-state index in [1.165, 1.54) is 14.2 Å². The fraction of sp³-hybridized carbons (Fsp3) is 0.444. The third-order valence-corrected chi connectivity index (χ3v) is 1.82. The monoisotopic (exact) mass is 219 g/mol. The van der Waals surface area contributed by atoms with Crippen molar-refractivity contribution in [3.63, 3.8) is 0 Å². The molecule has 6 heteroatoms. The molecule has 0 radical (unpaired) electrons. The molecule has 84 valence electrons. The molecule has 0 amide bonds. The highest BCUT2D eigenvalue weighted by molar-refractivity contribution is 5.44. The molecule has 4 nitrogen and oxygen atoms in total. The van der Waals surface area contributed by atoms with Gasteiger partial charge in [0.2, 0.25) is 0 Å². The summed E-state index contributed by atoms with van der Waals surface area (Å²) >= 11 is 0. The molecule has 0 saturated carbocycles. The molecule has 1 heterocycles. The van der Waals surface area contributed by atoms with Crippen LogP contribution in [0.2, 0.25) is 0 Å². The molecule has 0 bridgehead atoms. The molecule has 0 aliphatic heterocycles. The number of nitrogens with zero attached hydrogens (tertiary/aromatic N) is 1. The van der Waals surface area contributed by atoms with E-state index in [0.29, 0.717) is 0 Å². The second kappa shape index (κ2) is 4.88. The summed E-state index contributed by atoms with van der Waals surface area (Å²) in [6.07, 6.45) is -2.71. The van der Waals surface area contributed by atoms with E-state index in [4.69, 9.17) is 14.6 Å². The van der Waals surface area contributed by atoms with E-state index in [-0.39, 0.29) is 22.9 Å². The molecule has 0 fully saturated rings. The average molecular weight is 219 g/mol. The first kappa shape index (κ1) is 11.6. The molecule has 0 aliphatic carbocycles. The van der Waals surface area contributed by atoms with Crippen LogP contribution >= 0.6 is 0 Å². The Morgan fingerprint density at radius 3 is 2.47 bits per heavy atom. The molecule has 1 aromatic rings. The molecule has 0 aromatic carbocycles. The smallest absolute Gasteiger partial charge is 0.267 e. The molecule has 0 atom stereocenters. The number of methoxy groups -OCH3 is 2. The Morgan fingerprint density at radius 1 is 1.40 bits per heavy atom. The van der Waals surface area contributed by atoms with E-state index in [1.807, 2.05) is 0 Å². The molecule has 0 aliphatic rings. The van der Waals surface area contributed by atoms with Gasteiger partial charge in [0.05, 0.1) is 32.1 Å². The second-order valence-corrected chi connectivity index (χ2v) is 2.70. The zero-order valence-electron chi connectivity index (χ0n) is 8.33. The Labute approximate surface area is 85.5 Å². The summed E-state index contributed by atoms with van der Waals surface area (Å²) in [5.41, 5.74) is -0.226. The topological polar surface area (TPSA) is 51.6 Å². The van der Waals surface area contributed by atoms with E-state index in [9.17, 15) is 8.78 Å². The number of ether oxygens (including phenoxy) is 2. The van der Waals surface area contributed by atoms with E-state index in [0.717, 1.165) is 6.07 Å². The fourth-order valence-corrected chi connectivity index (χ4v) is 1.17. The summed E-state index contributed by atoms with van der Waals surface area (Å²) < 4.78 is 34.8. The van der Waals surface area contributed by atoms with Crippen LogP contribution in [0.4, 0.5) is 8.78 Å². The van der Waals surface area contributed by atoms with Gasteiger partial charge in [0.1, 0.15) is 0 Å². The van der Waals surface area contributed by atoms with Crippen LogP contribution in [0, 0.1) is 0 Å². The van der Waals surface area contributed by atoms with Gasteiger partial charge in [-0.05, 0) is 6.07 Å². The number of aliphatic hydroxyl groups is 1.